The van der Waals surface area contributed by atoms with Crippen molar-refractivity contribution in [3.8, 4) is 17.6 Å². The van der Waals surface area contributed by atoms with Crippen LogP contribution in [0.25, 0.3) is 11.0 Å². The zero-order valence-corrected chi connectivity index (χ0v) is 23.7. The van der Waals surface area contributed by atoms with Crippen molar-refractivity contribution in [1.82, 2.24) is 14.5 Å². The van der Waals surface area contributed by atoms with Crippen molar-refractivity contribution in [1.29, 1.82) is 0 Å². The average Bonchev–Trinajstić information content (AvgIpc) is 3.46. The number of hydrogen-bond donors (Lipinski definition) is 3. The van der Waals surface area contributed by atoms with E-state index in [0.717, 1.165) is 4.57 Å². The van der Waals surface area contributed by atoms with Gasteiger partial charge in [-0.15, -0.1) is 0 Å². The lowest BCUT2D eigenvalue weighted by molar-refractivity contribution is -0.151. The molecule has 0 saturated carbocycles. The van der Waals surface area contributed by atoms with Gasteiger partial charge in [-0.2, -0.15) is 4.98 Å². The number of carbonyl (C=O) groups excluding carboxylic acids is 1. The summed E-state index contributed by atoms with van der Waals surface area (Å²) in [5, 5.41) is 11.0. The summed E-state index contributed by atoms with van der Waals surface area (Å²) in [4.78, 5) is 31.1. The molecule has 0 bridgehead atoms. The fraction of sp³-hybridized carbons (Fsp3) is 0.444. The van der Waals surface area contributed by atoms with E-state index in [1.165, 1.54) is 31.3 Å². The van der Waals surface area contributed by atoms with Gasteiger partial charge in [0.25, 0.3) is 5.56 Å². The van der Waals surface area contributed by atoms with Crippen molar-refractivity contribution in [2.24, 2.45) is 5.92 Å². The number of rotatable bonds is 10. The minimum Gasteiger partial charge on any atom is -0.463 e. The van der Waals surface area contributed by atoms with Crippen LogP contribution in [-0.2, 0) is 23.4 Å². The van der Waals surface area contributed by atoms with Gasteiger partial charge in [0.15, 0.2) is 11.9 Å². The van der Waals surface area contributed by atoms with Gasteiger partial charge >= 0.3 is 13.6 Å². The Labute approximate surface area is 242 Å². The topological polar surface area (TPSA) is 168 Å². The molecule has 3 heterocycles. The lowest BCUT2D eigenvalue weighted by Gasteiger charge is -2.25. The van der Waals surface area contributed by atoms with Crippen LogP contribution in [-0.4, -0.2) is 69.0 Å². The van der Waals surface area contributed by atoms with E-state index in [2.05, 4.69) is 9.97 Å². The Hall–Kier alpha value is -3.76. The highest BCUT2D eigenvalue weighted by atomic mass is 31.2. The highest BCUT2D eigenvalue weighted by molar-refractivity contribution is 7.54. The molecule has 1 unspecified atom stereocenters. The zero-order chi connectivity index (χ0) is 32.4. The number of esters is 1. The molecule has 15 heteroatoms. The molecule has 6 atom stereocenters. The first-order chi connectivity index (χ1) is 20.6. The first-order valence-electron chi connectivity index (χ1n) is 13.8. The summed E-state index contributed by atoms with van der Waals surface area (Å²) < 4.78 is 83.7. The quantitative estimate of drug-likeness (QED) is 0.176. The number of nitrogens with one attached hydrogen (secondary N) is 1. The maximum atomic E-state index is 16.6. The fourth-order valence-electron chi connectivity index (χ4n) is 4.22. The molecule has 12 nitrogen and oxygen atoms in total. The van der Waals surface area contributed by atoms with Crippen LogP contribution in [0.1, 0.15) is 29.7 Å². The molecule has 226 valence electrons. The number of H-pyrrole nitrogens is 1. The van der Waals surface area contributed by atoms with Gasteiger partial charge in [0.2, 0.25) is 11.6 Å². The molecule has 1 aliphatic heterocycles. The number of ether oxygens (including phenoxy) is 2. The van der Waals surface area contributed by atoms with Gasteiger partial charge < -0.3 is 29.4 Å². The Morgan fingerprint density at radius 1 is 1.36 bits per heavy atom. The molecule has 42 heavy (non-hydrogen) atoms. The molecule has 0 spiro atoms. The number of nitrogens with zero attached hydrogens (tertiary/aromatic N) is 2. The van der Waals surface area contributed by atoms with Crippen LogP contribution >= 0.6 is 7.60 Å². The predicted octanol–water partition coefficient (Wildman–Crippen LogP) is 3.12. The number of nitrogens with two attached hydrogens (primary N) is 1. The number of alkyl halides is 2. The second kappa shape index (κ2) is 12.6. The van der Waals surface area contributed by atoms with E-state index in [1.54, 1.807) is 32.0 Å². The van der Waals surface area contributed by atoms with E-state index in [1.807, 2.05) is 11.8 Å². The summed E-state index contributed by atoms with van der Waals surface area (Å²) >= 11 is 0. The normalized spacial score (nSPS) is 25.2. The molecule has 4 N–H and O–H groups in total. The number of halogens is 2. The second-order valence-electron chi connectivity index (χ2n) is 9.76. The molecule has 1 fully saturated rings. The van der Waals surface area contributed by atoms with Crippen LogP contribution in [0.4, 0.5) is 14.7 Å². The number of aromatic nitrogens is 3. The van der Waals surface area contributed by atoms with Crippen LogP contribution in [0.2, 0.25) is 0 Å². The Morgan fingerprint density at radius 2 is 2.07 bits per heavy atom. The van der Waals surface area contributed by atoms with Crippen molar-refractivity contribution in [3.05, 3.63) is 52.9 Å². The molecule has 2 aromatic heterocycles. The molecule has 1 aromatic carbocycles. The van der Waals surface area contributed by atoms with Gasteiger partial charge in [0.1, 0.15) is 24.6 Å². The number of aliphatic hydroxyl groups excluding tert-OH is 1. The monoisotopic (exact) mass is 610 g/mol. The standard InChI is InChI=1S/C27H31F2N4O8P/c1-16(2)39-24(36)17(3)15-42(37,41-18-8-5-4-6-9-18)38-14-20-21(34)27(29,11-7-12-28)25(40-20)33-13-10-19-22(33)31-26(30)32-23(19)35/h4-6,8-10,13,16-17,20-21,25,34H,12,14-15H2,1-3H3,(H3,30,31,32,35)/t17-,20-,21+,25-,27?,42+/m1/s1/i14D2. The predicted molar refractivity (Wildman–Crippen MR) is 148 cm³/mol. The van der Waals surface area contributed by atoms with Crippen molar-refractivity contribution in [2.45, 2.75) is 51.0 Å². The average molecular weight is 611 g/mol. The molecule has 1 aliphatic rings. The van der Waals surface area contributed by atoms with E-state index in [4.69, 9.17) is 27.0 Å². The Kier molecular flexibility index (Phi) is 8.53. The molecular weight excluding hydrogens is 577 g/mol. The van der Waals surface area contributed by atoms with E-state index < -0.39 is 74.6 Å². The summed E-state index contributed by atoms with van der Waals surface area (Å²) in [6, 6.07) is 8.81. The van der Waals surface area contributed by atoms with Crippen LogP contribution in [0.3, 0.4) is 0 Å². The third-order valence-electron chi connectivity index (χ3n) is 6.10. The number of aliphatic hydroxyl groups is 1. The smallest absolute Gasteiger partial charge is 0.380 e. The maximum Gasteiger partial charge on any atom is 0.380 e. The second-order valence-corrected chi connectivity index (χ2v) is 11.7. The highest BCUT2D eigenvalue weighted by Crippen LogP contribution is 2.51. The van der Waals surface area contributed by atoms with Gasteiger partial charge in [0.05, 0.1) is 32.9 Å². The minimum absolute atomic E-state index is 0.00294. The number of hydrogen-bond acceptors (Lipinski definition) is 10. The number of benzene rings is 1. The Balaban J connectivity index is 1.73. The van der Waals surface area contributed by atoms with Gasteiger partial charge in [-0.3, -0.25) is 19.1 Å². The number of aromatic amines is 1. The molecule has 1 saturated heterocycles. The third kappa shape index (κ3) is 6.65. The Morgan fingerprint density at radius 3 is 2.74 bits per heavy atom. The van der Waals surface area contributed by atoms with Crippen molar-refractivity contribution >= 4 is 30.5 Å². The number of nitrogen functional groups attached to an aromatic ring is 1. The van der Waals surface area contributed by atoms with Crippen molar-refractivity contribution in [3.63, 3.8) is 0 Å². The van der Waals surface area contributed by atoms with Gasteiger partial charge in [-0.05, 0) is 32.0 Å². The van der Waals surface area contributed by atoms with Crippen LogP contribution in [0, 0.1) is 17.8 Å². The molecular formula is C27H31F2N4O8P. The third-order valence-corrected chi connectivity index (χ3v) is 7.97. The Bertz CT molecular complexity index is 1680. The number of para-hydroxylation sites is 1. The minimum atomic E-state index is -4.66. The van der Waals surface area contributed by atoms with Crippen molar-refractivity contribution in [2.75, 3.05) is 25.1 Å². The summed E-state index contributed by atoms with van der Waals surface area (Å²) in [6.45, 7) is -0.00294. The zero-order valence-electron chi connectivity index (χ0n) is 24.8. The number of fused-ring (bicyclic) bond motifs is 1. The van der Waals surface area contributed by atoms with Gasteiger partial charge in [0, 0.05) is 6.20 Å². The number of anilines is 1. The summed E-state index contributed by atoms with van der Waals surface area (Å²) in [5.74, 6) is 1.62. The van der Waals surface area contributed by atoms with Gasteiger partial charge in [-0.25, -0.2) is 13.3 Å². The fourth-order valence-corrected chi connectivity index (χ4v) is 5.93. The molecule has 0 aliphatic carbocycles. The van der Waals surface area contributed by atoms with E-state index >= 15 is 4.39 Å². The first kappa shape index (κ1) is 28.4. The van der Waals surface area contributed by atoms with E-state index in [-0.39, 0.29) is 22.7 Å². The highest BCUT2D eigenvalue weighted by Gasteiger charge is 2.58. The van der Waals surface area contributed by atoms with E-state index in [0.29, 0.717) is 0 Å². The summed E-state index contributed by atoms with van der Waals surface area (Å²) in [7, 11) is -4.66. The first-order valence-corrected chi connectivity index (χ1v) is 14.5. The SMILES string of the molecule is [2H]C([2H])(O[P@@](=O)(C[C@@H](C)C(=O)OC(C)C)Oc1ccccc1)[C@H]1O[C@@H](n2ccc3c(=O)[nH]c(N)nc32)C(F)(C#CCF)[C@H]1O. The van der Waals surface area contributed by atoms with Gasteiger partial charge in [-0.1, -0.05) is 37.0 Å². The molecule has 3 aromatic rings. The maximum absolute atomic E-state index is 16.6. The summed E-state index contributed by atoms with van der Waals surface area (Å²) in [6.07, 6.45) is -6.74. The largest absolute Gasteiger partial charge is 0.463 e. The van der Waals surface area contributed by atoms with Crippen molar-refractivity contribution < 1.29 is 44.5 Å². The lowest BCUT2D eigenvalue weighted by Crippen LogP contribution is -2.42. The van der Waals surface area contributed by atoms with Crippen LogP contribution < -0.4 is 15.8 Å². The van der Waals surface area contributed by atoms with E-state index in [9.17, 15) is 23.7 Å². The molecule has 0 amide bonds. The summed E-state index contributed by atoms with van der Waals surface area (Å²) in [5.41, 5.74) is 1.57. The van der Waals surface area contributed by atoms with Crippen LogP contribution in [0.5, 0.6) is 5.75 Å². The molecule has 0 radical (unpaired) electrons. The van der Waals surface area contributed by atoms with Crippen LogP contribution in [0.15, 0.2) is 47.4 Å². The molecule has 4 rings (SSSR count). The number of carbonyl (C=O) groups is 1. The lowest BCUT2D eigenvalue weighted by atomic mass is 9.96.